The highest BCUT2D eigenvalue weighted by molar-refractivity contribution is 6.04. The monoisotopic (exact) mass is 442 g/mol. The molecule has 0 fully saturated rings. The quantitative estimate of drug-likeness (QED) is 0.198. The molecule has 6 nitrogen and oxygen atoms in total. The highest BCUT2D eigenvalue weighted by Gasteiger charge is 2.14. The third-order valence-electron chi connectivity index (χ3n) is 4.93. The number of methoxy groups -OCH3 is 1. The number of fused-ring (bicyclic) bond motifs is 1. The van der Waals surface area contributed by atoms with Gasteiger partial charge in [0, 0.05) is 11.1 Å². The van der Waals surface area contributed by atoms with Crippen LogP contribution in [-0.2, 0) is 0 Å². The van der Waals surface area contributed by atoms with Crippen molar-refractivity contribution in [2.75, 3.05) is 7.11 Å². The molecule has 0 unspecified atom stereocenters. The number of nitrogens with zero attached hydrogens (tertiary/aromatic N) is 1. The van der Waals surface area contributed by atoms with Crippen molar-refractivity contribution in [3.8, 4) is 11.5 Å². The Bertz CT molecular complexity index is 1330. The van der Waals surface area contributed by atoms with Crippen LogP contribution in [-0.4, -0.2) is 25.2 Å². The molecule has 0 aliphatic rings. The van der Waals surface area contributed by atoms with Gasteiger partial charge in [0.1, 0.15) is 17.3 Å². The molecule has 0 saturated heterocycles. The largest absolute Gasteiger partial charge is 0.497 e. The Morgan fingerprint density at radius 2 is 1.58 bits per heavy atom. The molecular formula is C26H19FN2O4. The van der Waals surface area contributed by atoms with Crippen molar-refractivity contribution < 1.29 is 23.5 Å². The normalized spacial score (nSPS) is 10.8. The third-order valence-corrected chi connectivity index (χ3v) is 4.93. The Morgan fingerprint density at radius 1 is 0.879 bits per heavy atom. The first-order valence-electron chi connectivity index (χ1n) is 10.0. The number of halogens is 1. The SMILES string of the molecule is COc1ccc(C(=O)Oc2ccc3ccccc3c2/C=N/NC(=O)c2ccc(F)cc2)cc1. The van der Waals surface area contributed by atoms with Gasteiger partial charge in [0.2, 0.25) is 0 Å². The van der Waals surface area contributed by atoms with Gasteiger partial charge in [0.25, 0.3) is 5.91 Å². The molecule has 0 bridgehead atoms. The Morgan fingerprint density at radius 3 is 2.30 bits per heavy atom. The standard InChI is InChI=1S/C26H19FN2O4/c1-32-21-13-8-19(9-14-21)26(31)33-24-15-10-17-4-2-3-5-22(17)23(24)16-28-29-25(30)18-6-11-20(27)12-7-18/h2-16H,1H3,(H,29,30)/b28-16+. The van der Waals surface area contributed by atoms with E-state index in [2.05, 4.69) is 10.5 Å². The van der Waals surface area contributed by atoms with Gasteiger partial charge in [-0.25, -0.2) is 14.6 Å². The molecule has 0 heterocycles. The number of rotatable bonds is 6. The second-order valence-electron chi connectivity index (χ2n) is 7.02. The number of carbonyl (C=O) groups excluding carboxylic acids is 2. The third kappa shape index (κ3) is 5.04. The summed E-state index contributed by atoms with van der Waals surface area (Å²) in [5, 5.41) is 5.73. The molecule has 1 amide bonds. The van der Waals surface area contributed by atoms with Crippen molar-refractivity contribution in [3.63, 3.8) is 0 Å². The topological polar surface area (TPSA) is 77.0 Å². The molecule has 1 N–H and O–H groups in total. The number of amides is 1. The molecule has 0 saturated carbocycles. The van der Waals surface area contributed by atoms with Gasteiger partial charge in [0.05, 0.1) is 18.9 Å². The van der Waals surface area contributed by atoms with Crippen LogP contribution in [0.15, 0.2) is 90.0 Å². The lowest BCUT2D eigenvalue weighted by Crippen LogP contribution is -2.17. The van der Waals surface area contributed by atoms with E-state index in [9.17, 15) is 14.0 Å². The van der Waals surface area contributed by atoms with Crippen LogP contribution in [0.3, 0.4) is 0 Å². The van der Waals surface area contributed by atoms with Crippen molar-refractivity contribution in [2.24, 2.45) is 5.10 Å². The highest BCUT2D eigenvalue weighted by atomic mass is 19.1. The second kappa shape index (κ2) is 9.74. The number of hydrogen-bond donors (Lipinski definition) is 1. The van der Waals surface area contributed by atoms with Crippen LogP contribution < -0.4 is 14.9 Å². The van der Waals surface area contributed by atoms with E-state index in [1.807, 2.05) is 30.3 Å². The minimum atomic E-state index is -0.544. The fourth-order valence-electron chi connectivity index (χ4n) is 3.20. The summed E-state index contributed by atoms with van der Waals surface area (Å²) < 4.78 is 23.8. The van der Waals surface area contributed by atoms with E-state index in [4.69, 9.17) is 9.47 Å². The predicted octanol–water partition coefficient (Wildman–Crippen LogP) is 4.97. The summed E-state index contributed by atoms with van der Waals surface area (Å²) in [4.78, 5) is 25.0. The summed E-state index contributed by atoms with van der Waals surface area (Å²) in [5.41, 5.74) is 3.55. The van der Waals surface area contributed by atoms with Crippen molar-refractivity contribution in [1.29, 1.82) is 0 Å². The number of ether oxygens (including phenoxy) is 2. The van der Waals surface area contributed by atoms with Crippen molar-refractivity contribution in [2.45, 2.75) is 0 Å². The fraction of sp³-hybridized carbons (Fsp3) is 0.0385. The number of esters is 1. The number of benzene rings is 4. The maximum absolute atomic E-state index is 13.1. The van der Waals surface area contributed by atoms with Gasteiger partial charge in [-0.1, -0.05) is 30.3 Å². The van der Waals surface area contributed by atoms with Gasteiger partial charge in [-0.05, 0) is 65.4 Å². The van der Waals surface area contributed by atoms with Crippen LogP contribution in [0.25, 0.3) is 10.8 Å². The molecule has 33 heavy (non-hydrogen) atoms. The smallest absolute Gasteiger partial charge is 0.343 e. The van der Waals surface area contributed by atoms with Gasteiger partial charge in [-0.3, -0.25) is 4.79 Å². The lowest BCUT2D eigenvalue weighted by molar-refractivity contribution is 0.0734. The summed E-state index contributed by atoms with van der Waals surface area (Å²) in [6.45, 7) is 0. The molecule has 0 spiro atoms. The van der Waals surface area contributed by atoms with Crippen molar-refractivity contribution in [3.05, 3.63) is 107 Å². The molecule has 4 aromatic carbocycles. The average molecular weight is 442 g/mol. The van der Waals surface area contributed by atoms with Crippen molar-refractivity contribution >= 4 is 28.9 Å². The van der Waals surface area contributed by atoms with Gasteiger partial charge in [-0.2, -0.15) is 5.10 Å². The molecule has 164 valence electrons. The van der Waals surface area contributed by atoms with E-state index in [1.54, 1.807) is 37.4 Å². The Hall–Kier alpha value is -4.52. The zero-order valence-corrected chi connectivity index (χ0v) is 17.6. The molecule has 7 heteroatoms. The predicted molar refractivity (Wildman–Crippen MR) is 123 cm³/mol. The molecule has 4 rings (SSSR count). The zero-order chi connectivity index (χ0) is 23.2. The van der Waals surface area contributed by atoms with Gasteiger partial charge >= 0.3 is 5.97 Å². The number of hydrazone groups is 1. The fourth-order valence-corrected chi connectivity index (χ4v) is 3.20. The van der Waals surface area contributed by atoms with Crippen LogP contribution in [0.1, 0.15) is 26.3 Å². The molecular weight excluding hydrogens is 423 g/mol. The first kappa shape index (κ1) is 21.7. The van der Waals surface area contributed by atoms with Crippen LogP contribution in [0.4, 0.5) is 4.39 Å². The maximum Gasteiger partial charge on any atom is 0.343 e. The van der Waals surface area contributed by atoms with Gasteiger partial charge in [-0.15, -0.1) is 0 Å². The van der Waals surface area contributed by atoms with E-state index in [1.165, 1.54) is 30.5 Å². The molecule has 4 aromatic rings. The van der Waals surface area contributed by atoms with Crippen LogP contribution in [0.5, 0.6) is 11.5 Å². The molecule has 0 radical (unpaired) electrons. The summed E-state index contributed by atoms with van der Waals surface area (Å²) in [6.07, 6.45) is 1.42. The first-order chi connectivity index (χ1) is 16.0. The van der Waals surface area contributed by atoms with Crippen LogP contribution >= 0.6 is 0 Å². The Balaban J connectivity index is 1.60. The van der Waals surface area contributed by atoms with Crippen LogP contribution in [0.2, 0.25) is 0 Å². The Kier molecular flexibility index (Phi) is 6.40. The zero-order valence-electron chi connectivity index (χ0n) is 17.6. The number of nitrogens with one attached hydrogen (secondary N) is 1. The summed E-state index contributed by atoms with van der Waals surface area (Å²) in [6, 6.07) is 22.7. The summed E-state index contributed by atoms with van der Waals surface area (Å²) in [5.74, 6) is -0.563. The van der Waals surface area contributed by atoms with Gasteiger partial charge < -0.3 is 9.47 Å². The molecule has 0 aliphatic heterocycles. The number of carbonyl (C=O) groups is 2. The molecule has 0 atom stereocenters. The lowest BCUT2D eigenvalue weighted by atomic mass is 10.0. The average Bonchev–Trinajstić information content (AvgIpc) is 2.85. The van der Waals surface area contributed by atoms with Gasteiger partial charge in [0.15, 0.2) is 0 Å². The van der Waals surface area contributed by atoms with E-state index in [0.29, 0.717) is 16.9 Å². The second-order valence-corrected chi connectivity index (χ2v) is 7.02. The van der Waals surface area contributed by atoms with E-state index < -0.39 is 17.7 Å². The maximum atomic E-state index is 13.1. The van der Waals surface area contributed by atoms with E-state index in [-0.39, 0.29) is 11.3 Å². The minimum Gasteiger partial charge on any atom is -0.497 e. The summed E-state index contributed by atoms with van der Waals surface area (Å²) >= 11 is 0. The van der Waals surface area contributed by atoms with E-state index >= 15 is 0 Å². The molecule has 0 aromatic heterocycles. The van der Waals surface area contributed by atoms with Crippen LogP contribution in [0, 0.1) is 5.82 Å². The Labute approximate surface area is 189 Å². The lowest BCUT2D eigenvalue weighted by Gasteiger charge is -2.11. The van der Waals surface area contributed by atoms with E-state index in [0.717, 1.165) is 10.8 Å². The minimum absolute atomic E-state index is 0.262. The number of hydrogen-bond acceptors (Lipinski definition) is 5. The first-order valence-corrected chi connectivity index (χ1v) is 10.0. The molecule has 0 aliphatic carbocycles. The summed E-state index contributed by atoms with van der Waals surface area (Å²) in [7, 11) is 1.54. The highest BCUT2D eigenvalue weighted by Crippen LogP contribution is 2.27. The van der Waals surface area contributed by atoms with Crippen molar-refractivity contribution in [1.82, 2.24) is 5.43 Å².